The third kappa shape index (κ3) is 5.36. The Morgan fingerprint density at radius 2 is 1.87 bits per heavy atom. The second-order valence-corrected chi connectivity index (χ2v) is 7.45. The lowest BCUT2D eigenvalue weighted by Gasteiger charge is -2.32. The quantitative estimate of drug-likeness (QED) is 0.282. The van der Waals surface area contributed by atoms with E-state index in [0.29, 0.717) is 12.8 Å². The summed E-state index contributed by atoms with van der Waals surface area (Å²) in [5.41, 5.74) is -0.664. The van der Waals surface area contributed by atoms with E-state index in [9.17, 15) is 19.2 Å². The van der Waals surface area contributed by atoms with Crippen LogP contribution in [0.4, 0.5) is 0 Å². The van der Waals surface area contributed by atoms with Gasteiger partial charge in [-0.2, -0.15) is 5.06 Å². The summed E-state index contributed by atoms with van der Waals surface area (Å²) in [7, 11) is 1.16. The maximum absolute atomic E-state index is 13.0. The molecule has 7 nitrogen and oxygen atoms in total. The molecule has 30 heavy (non-hydrogen) atoms. The van der Waals surface area contributed by atoms with Crippen molar-refractivity contribution in [1.82, 2.24) is 5.06 Å². The number of ketones is 1. The van der Waals surface area contributed by atoms with Crippen molar-refractivity contribution < 1.29 is 28.8 Å². The van der Waals surface area contributed by atoms with Gasteiger partial charge in [-0.1, -0.05) is 55.0 Å². The molecule has 1 amide bonds. The molecule has 0 heterocycles. The maximum Gasteiger partial charge on any atom is 0.363 e. The van der Waals surface area contributed by atoms with Crippen LogP contribution in [0.2, 0.25) is 0 Å². The summed E-state index contributed by atoms with van der Waals surface area (Å²) in [6.07, 6.45) is 2.23. The molecule has 0 saturated carbocycles. The van der Waals surface area contributed by atoms with Crippen LogP contribution in [0.3, 0.4) is 0 Å². The number of hydrogen-bond acceptors (Lipinski definition) is 6. The van der Waals surface area contributed by atoms with Crippen LogP contribution in [0.5, 0.6) is 0 Å². The summed E-state index contributed by atoms with van der Waals surface area (Å²) in [5, 5.41) is 0.757. The first-order valence-electron chi connectivity index (χ1n) is 9.46. The highest BCUT2D eigenvalue weighted by atomic mass is 35.5. The summed E-state index contributed by atoms with van der Waals surface area (Å²) in [6, 6.07) is 8.07. The molecular formula is C22H24ClNO6. The fourth-order valence-corrected chi connectivity index (χ4v) is 3.34. The van der Waals surface area contributed by atoms with Gasteiger partial charge in [-0.25, -0.2) is 4.79 Å². The predicted octanol–water partition coefficient (Wildman–Crippen LogP) is 3.59. The van der Waals surface area contributed by atoms with E-state index in [2.05, 4.69) is 6.58 Å². The maximum atomic E-state index is 13.0. The Labute approximate surface area is 180 Å². The number of Topliss-reactive ketones (excluding diaryl/α,β-unsaturated/α-hetero) is 1. The lowest BCUT2D eigenvalue weighted by molar-refractivity contribution is -0.172. The molecule has 0 saturated heterocycles. The Balaban J connectivity index is 2.33. The van der Waals surface area contributed by atoms with Crippen LogP contribution < -0.4 is 0 Å². The van der Waals surface area contributed by atoms with E-state index in [1.165, 1.54) is 18.2 Å². The second kappa shape index (κ2) is 10.2. The van der Waals surface area contributed by atoms with E-state index in [1.807, 2.05) is 6.92 Å². The fourth-order valence-electron chi connectivity index (χ4n) is 3.23. The third-order valence-corrected chi connectivity index (χ3v) is 4.97. The molecule has 2 rings (SSSR count). The topological polar surface area (TPSA) is 90.0 Å². The summed E-state index contributed by atoms with van der Waals surface area (Å²) in [6.45, 7) is 5.13. The average molecular weight is 434 g/mol. The molecule has 0 aromatic heterocycles. The monoisotopic (exact) mass is 433 g/mol. The van der Waals surface area contributed by atoms with E-state index in [1.54, 1.807) is 18.2 Å². The Kier molecular flexibility index (Phi) is 7.94. The van der Waals surface area contributed by atoms with Gasteiger partial charge in [-0.15, -0.1) is 0 Å². The molecule has 0 N–H and O–H groups in total. The van der Waals surface area contributed by atoms with Crippen LogP contribution in [0.1, 0.15) is 43.0 Å². The largest absolute Gasteiger partial charge is 0.468 e. The fraction of sp³-hybridized carbons (Fsp3) is 0.364. The number of carbonyl (C=O) groups excluding carboxylic acids is 4. The molecule has 1 aliphatic rings. The number of nitrogens with zero attached hydrogens (tertiary/aromatic N) is 1. The van der Waals surface area contributed by atoms with Crippen molar-refractivity contribution >= 4 is 35.2 Å². The average Bonchev–Trinajstić information content (AvgIpc) is 2.74. The van der Waals surface area contributed by atoms with Gasteiger partial charge in [-0.3, -0.25) is 14.4 Å². The number of methoxy groups -OCH3 is 1. The zero-order chi connectivity index (χ0) is 22.3. The van der Waals surface area contributed by atoms with E-state index in [4.69, 9.17) is 21.2 Å². The standard InChI is InChI=1S/C22H24ClNO6/c1-4-16-10-11-18(25)22(12-16,21(28)29-3)13-19(26)24(14-15(2)23)30-20(27)17-8-6-5-7-9-17/h5-9,12H,2,4,10-11,13-14H2,1,3H3. The Morgan fingerprint density at radius 1 is 1.20 bits per heavy atom. The summed E-state index contributed by atoms with van der Waals surface area (Å²) in [5.74, 6) is -2.80. The molecule has 0 fully saturated rings. The van der Waals surface area contributed by atoms with Crippen LogP contribution >= 0.6 is 11.6 Å². The van der Waals surface area contributed by atoms with Gasteiger partial charge in [0.2, 0.25) is 0 Å². The Hall–Kier alpha value is -2.93. The van der Waals surface area contributed by atoms with Crippen LogP contribution in [-0.4, -0.2) is 42.3 Å². The van der Waals surface area contributed by atoms with Gasteiger partial charge in [-0.05, 0) is 25.0 Å². The number of amides is 1. The van der Waals surface area contributed by atoms with Crippen molar-refractivity contribution in [2.24, 2.45) is 5.41 Å². The van der Waals surface area contributed by atoms with Crippen molar-refractivity contribution in [1.29, 1.82) is 0 Å². The molecule has 160 valence electrons. The molecule has 1 aliphatic carbocycles. The first-order valence-corrected chi connectivity index (χ1v) is 9.84. The minimum Gasteiger partial charge on any atom is -0.468 e. The minimum atomic E-state index is -1.76. The lowest BCUT2D eigenvalue weighted by Crippen LogP contribution is -2.46. The minimum absolute atomic E-state index is 0.0380. The number of hydroxylamine groups is 2. The molecule has 0 aliphatic heterocycles. The molecule has 1 unspecified atom stereocenters. The smallest absolute Gasteiger partial charge is 0.363 e. The molecule has 0 radical (unpaired) electrons. The SMILES string of the molecule is C=C(Cl)CN(OC(=O)c1ccccc1)C(=O)CC1(C(=O)OC)C=C(CC)CCC1=O. The van der Waals surface area contributed by atoms with Gasteiger partial charge >= 0.3 is 11.9 Å². The van der Waals surface area contributed by atoms with Crippen molar-refractivity contribution in [3.8, 4) is 0 Å². The first kappa shape index (κ1) is 23.3. The van der Waals surface area contributed by atoms with Gasteiger partial charge in [0.1, 0.15) is 0 Å². The molecule has 1 aromatic carbocycles. The van der Waals surface area contributed by atoms with Crippen LogP contribution in [-0.2, 0) is 24.0 Å². The highest BCUT2D eigenvalue weighted by Gasteiger charge is 2.49. The van der Waals surface area contributed by atoms with Gasteiger partial charge in [0.15, 0.2) is 11.2 Å². The molecule has 1 atom stereocenters. The number of allylic oxidation sites excluding steroid dienone is 1. The van der Waals surface area contributed by atoms with Crippen molar-refractivity contribution in [3.05, 3.63) is 59.2 Å². The molecule has 0 bridgehead atoms. The van der Waals surface area contributed by atoms with Gasteiger partial charge < -0.3 is 9.57 Å². The Bertz CT molecular complexity index is 879. The third-order valence-electron chi connectivity index (χ3n) is 4.85. The molecule has 8 heteroatoms. The number of esters is 1. The van der Waals surface area contributed by atoms with Gasteiger partial charge in [0.05, 0.1) is 25.6 Å². The van der Waals surface area contributed by atoms with Gasteiger partial charge in [0.25, 0.3) is 5.91 Å². The van der Waals surface area contributed by atoms with E-state index >= 15 is 0 Å². The van der Waals surface area contributed by atoms with Crippen molar-refractivity contribution in [2.75, 3.05) is 13.7 Å². The van der Waals surface area contributed by atoms with Crippen molar-refractivity contribution in [3.63, 3.8) is 0 Å². The number of ether oxygens (including phenoxy) is 1. The predicted molar refractivity (Wildman–Crippen MR) is 110 cm³/mol. The second-order valence-electron chi connectivity index (χ2n) is 6.91. The summed E-state index contributed by atoms with van der Waals surface area (Å²) in [4.78, 5) is 56.0. The lowest BCUT2D eigenvalue weighted by atomic mass is 9.72. The zero-order valence-corrected chi connectivity index (χ0v) is 17.7. The summed E-state index contributed by atoms with van der Waals surface area (Å²) >= 11 is 5.84. The van der Waals surface area contributed by atoms with Crippen LogP contribution in [0.25, 0.3) is 0 Å². The van der Waals surface area contributed by atoms with E-state index in [0.717, 1.165) is 17.7 Å². The van der Waals surface area contributed by atoms with E-state index < -0.39 is 35.5 Å². The normalized spacial score (nSPS) is 18.2. The van der Waals surface area contributed by atoms with Crippen LogP contribution in [0, 0.1) is 5.41 Å². The van der Waals surface area contributed by atoms with Crippen LogP contribution in [0.15, 0.2) is 53.6 Å². The molecule has 0 spiro atoms. The van der Waals surface area contributed by atoms with E-state index in [-0.39, 0.29) is 23.6 Å². The van der Waals surface area contributed by atoms with Crippen molar-refractivity contribution in [2.45, 2.75) is 32.6 Å². The Morgan fingerprint density at radius 3 is 2.43 bits per heavy atom. The first-order chi connectivity index (χ1) is 14.2. The highest BCUT2D eigenvalue weighted by molar-refractivity contribution is 6.29. The number of halogens is 1. The number of hydrogen-bond donors (Lipinski definition) is 0. The molecular weight excluding hydrogens is 410 g/mol. The zero-order valence-electron chi connectivity index (χ0n) is 17.0. The number of rotatable bonds is 7. The van der Waals surface area contributed by atoms with Gasteiger partial charge in [0, 0.05) is 11.5 Å². The summed E-state index contributed by atoms with van der Waals surface area (Å²) < 4.78 is 4.84. The number of carbonyl (C=O) groups is 4. The number of benzene rings is 1. The highest BCUT2D eigenvalue weighted by Crippen LogP contribution is 2.37. The molecule has 1 aromatic rings.